The average Bonchev–Trinajstić information content (AvgIpc) is 2.79. The van der Waals surface area contributed by atoms with Crippen molar-refractivity contribution in [2.45, 2.75) is 84.4 Å². The number of nitrogens with one attached hydrogen (secondary N) is 1. The number of halogens is 2. The Labute approximate surface area is 213 Å². The number of nitrogens with zero attached hydrogens (tertiary/aromatic N) is 1. The summed E-state index contributed by atoms with van der Waals surface area (Å²) < 4.78 is 33.3. The number of carbonyl (C=O) groups excluding carboxylic acids is 2. The summed E-state index contributed by atoms with van der Waals surface area (Å²) in [5.74, 6) is -1.60. The van der Waals surface area contributed by atoms with Gasteiger partial charge in [-0.15, -0.1) is 0 Å². The zero-order valence-electron chi connectivity index (χ0n) is 22.0. The van der Waals surface area contributed by atoms with Gasteiger partial charge in [-0.05, 0) is 93.8 Å². The zero-order valence-corrected chi connectivity index (χ0v) is 22.0. The van der Waals surface area contributed by atoms with E-state index >= 15 is 0 Å². The highest BCUT2D eigenvalue weighted by molar-refractivity contribution is 5.89. The number of Topliss-reactive ketones (excluding diaryl/α,β-unsaturated/α-hetero) is 1. The van der Waals surface area contributed by atoms with Gasteiger partial charge in [-0.1, -0.05) is 32.0 Å². The third-order valence-corrected chi connectivity index (χ3v) is 6.43. The lowest BCUT2D eigenvalue weighted by molar-refractivity contribution is -0.123. The van der Waals surface area contributed by atoms with Crippen LogP contribution in [0.4, 0.5) is 13.6 Å². The SMILES string of the molecule is CCN[C@@H](Cc1cc(F)cc(F)c1)C(=O)CN(C(=O)OC(C)(C)C)[C@@H]1CCCc2ccc(CC)cc21. The van der Waals surface area contributed by atoms with E-state index in [1.807, 2.05) is 6.92 Å². The smallest absolute Gasteiger partial charge is 0.411 e. The van der Waals surface area contributed by atoms with E-state index in [9.17, 15) is 18.4 Å². The molecule has 1 amide bonds. The van der Waals surface area contributed by atoms with Crippen molar-refractivity contribution in [3.63, 3.8) is 0 Å². The van der Waals surface area contributed by atoms with Crippen LogP contribution in [-0.4, -0.2) is 41.5 Å². The summed E-state index contributed by atoms with van der Waals surface area (Å²) in [6.45, 7) is 9.68. The molecule has 0 aliphatic heterocycles. The van der Waals surface area contributed by atoms with E-state index in [0.29, 0.717) is 12.1 Å². The lowest BCUT2D eigenvalue weighted by atomic mass is 9.85. The maximum absolute atomic E-state index is 13.8. The number of fused-ring (bicyclic) bond motifs is 1. The number of ketones is 1. The molecule has 2 aromatic carbocycles. The highest BCUT2D eigenvalue weighted by Crippen LogP contribution is 2.36. The summed E-state index contributed by atoms with van der Waals surface area (Å²) >= 11 is 0. The highest BCUT2D eigenvalue weighted by atomic mass is 19.1. The second-order valence-electron chi connectivity index (χ2n) is 10.5. The van der Waals surface area contributed by atoms with Crippen LogP contribution in [-0.2, 0) is 28.8 Å². The van der Waals surface area contributed by atoms with Crippen LogP contribution in [0.25, 0.3) is 0 Å². The lowest BCUT2D eigenvalue weighted by Crippen LogP contribution is -2.48. The van der Waals surface area contributed by atoms with Gasteiger partial charge in [0.2, 0.25) is 0 Å². The summed E-state index contributed by atoms with van der Waals surface area (Å²) in [4.78, 5) is 28.5. The molecular formula is C29H38F2N2O3. The molecule has 0 fully saturated rings. The number of rotatable bonds is 9. The molecule has 0 spiro atoms. The standard InChI is InChI=1S/C29H38F2N2O3/c1-6-19-11-12-21-9-8-10-26(24(21)15-19)33(28(35)36-29(3,4)5)18-27(34)25(32-7-2)16-20-13-22(30)17-23(31)14-20/h11-15,17,25-26,32H,6-10,16,18H2,1-5H3/t25-,26+/m0/s1. The molecule has 2 aromatic rings. The molecule has 0 radical (unpaired) electrons. The molecule has 7 heteroatoms. The van der Waals surface area contributed by atoms with Crippen molar-refractivity contribution >= 4 is 11.9 Å². The number of likely N-dealkylation sites (N-methyl/N-ethyl adjacent to an activating group) is 1. The number of hydrogen-bond acceptors (Lipinski definition) is 4. The maximum atomic E-state index is 13.8. The van der Waals surface area contributed by atoms with E-state index < -0.39 is 29.4 Å². The van der Waals surface area contributed by atoms with E-state index in [1.165, 1.54) is 23.3 Å². The van der Waals surface area contributed by atoms with Crippen LogP contribution in [0.2, 0.25) is 0 Å². The van der Waals surface area contributed by atoms with Crippen LogP contribution in [0, 0.1) is 11.6 Å². The molecule has 5 nitrogen and oxygen atoms in total. The van der Waals surface area contributed by atoms with E-state index in [-0.39, 0.29) is 24.8 Å². The van der Waals surface area contributed by atoms with Crippen LogP contribution >= 0.6 is 0 Å². The Morgan fingerprint density at radius 1 is 1.08 bits per heavy atom. The highest BCUT2D eigenvalue weighted by Gasteiger charge is 2.35. The van der Waals surface area contributed by atoms with Gasteiger partial charge in [0.25, 0.3) is 0 Å². The van der Waals surface area contributed by atoms with Gasteiger partial charge >= 0.3 is 6.09 Å². The first-order valence-electron chi connectivity index (χ1n) is 12.8. The first-order chi connectivity index (χ1) is 17.0. The van der Waals surface area contributed by atoms with Crippen LogP contribution in [0.5, 0.6) is 0 Å². The summed E-state index contributed by atoms with van der Waals surface area (Å²) in [7, 11) is 0. The minimum Gasteiger partial charge on any atom is -0.444 e. The Morgan fingerprint density at radius 3 is 2.39 bits per heavy atom. The first kappa shape index (κ1) is 27.8. The quantitative estimate of drug-likeness (QED) is 0.464. The van der Waals surface area contributed by atoms with Crippen LogP contribution in [0.3, 0.4) is 0 Å². The molecule has 0 heterocycles. The fourth-order valence-electron chi connectivity index (χ4n) is 4.78. The Morgan fingerprint density at radius 2 is 1.78 bits per heavy atom. The van der Waals surface area contributed by atoms with E-state index in [1.54, 1.807) is 25.7 Å². The van der Waals surface area contributed by atoms with Gasteiger partial charge < -0.3 is 10.1 Å². The Bertz CT molecular complexity index is 1060. The molecule has 1 N–H and O–H groups in total. The number of amides is 1. The molecule has 196 valence electrons. The van der Waals surface area contributed by atoms with Crippen molar-refractivity contribution in [1.82, 2.24) is 10.2 Å². The van der Waals surface area contributed by atoms with Gasteiger partial charge in [-0.3, -0.25) is 9.69 Å². The minimum absolute atomic E-state index is 0.116. The largest absolute Gasteiger partial charge is 0.444 e. The molecule has 0 unspecified atom stereocenters. The number of aryl methyl sites for hydroxylation is 2. The van der Waals surface area contributed by atoms with Gasteiger partial charge in [0.15, 0.2) is 5.78 Å². The summed E-state index contributed by atoms with van der Waals surface area (Å²) in [6.07, 6.45) is 3.01. The second kappa shape index (κ2) is 12.0. The molecule has 3 rings (SSSR count). The maximum Gasteiger partial charge on any atom is 0.411 e. The minimum atomic E-state index is -0.721. The molecule has 0 bridgehead atoms. The average molecular weight is 501 g/mol. The van der Waals surface area contributed by atoms with Crippen LogP contribution in [0.15, 0.2) is 36.4 Å². The van der Waals surface area contributed by atoms with Crippen molar-refractivity contribution in [3.05, 3.63) is 70.3 Å². The molecule has 0 aromatic heterocycles. The number of ether oxygens (including phenoxy) is 1. The van der Waals surface area contributed by atoms with E-state index in [4.69, 9.17) is 4.74 Å². The van der Waals surface area contributed by atoms with Crippen molar-refractivity contribution in [3.8, 4) is 0 Å². The molecular weight excluding hydrogens is 462 g/mol. The third kappa shape index (κ3) is 7.36. The molecule has 2 atom stereocenters. The Kier molecular flexibility index (Phi) is 9.23. The zero-order chi connectivity index (χ0) is 26.5. The van der Waals surface area contributed by atoms with Gasteiger partial charge in [0, 0.05) is 6.07 Å². The van der Waals surface area contributed by atoms with Crippen LogP contribution in [0.1, 0.15) is 75.8 Å². The van der Waals surface area contributed by atoms with Gasteiger partial charge in [0.05, 0.1) is 18.6 Å². The monoisotopic (exact) mass is 500 g/mol. The predicted molar refractivity (Wildman–Crippen MR) is 137 cm³/mol. The lowest BCUT2D eigenvalue weighted by Gasteiger charge is -2.37. The van der Waals surface area contributed by atoms with E-state index in [0.717, 1.165) is 37.3 Å². The normalized spacial score (nSPS) is 16.2. The Hall–Kier alpha value is -2.80. The molecule has 0 saturated carbocycles. The summed E-state index contributed by atoms with van der Waals surface area (Å²) in [6, 6.07) is 8.66. The fourth-order valence-corrected chi connectivity index (χ4v) is 4.78. The molecule has 0 saturated heterocycles. The summed E-state index contributed by atoms with van der Waals surface area (Å²) in [5, 5.41) is 3.13. The third-order valence-electron chi connectivity index (χ3n) is 6.43. The van der Waals surface area contributed by atoms with E-state index in [2.05, 4.69) is 30.4 Å². The summed E-state index contributed by atoms with van der Waals surface area (Å²) in [5.41, 5.74) is 3.08. The van der Waals surface area contributed by atoms with Crippen molar-refractivity contribution < 1.29 is 23.1 Å². The predicted octanol–water partition coefficient (Wildman–Crippen LogP) is 5.93. The first-order valence-corrected chi connectivity index (χ1v) is 12.8. The number of hydrogen-bond donors (Lipinski definition) is 1. The fraction of sp³-hybridized carbons (Fsp3) is 0.517. The van der Waals surface area contributed by atoms with Crippen molar-refractivity contribution in [2.75, 3.05) is 13.1 Å². The second-order valence-corrected chi connectivity index (χ2v) is 10.5. The number of carbonyl (C=O) groups is 2. The van der Waals surface area contributed by atoms with Crippen molar-refractivity contribution in [2.24, 2.45) is 0 Å². The Balaban J connectivity index is 1.92. The number of benzene rings is 2. The van der Waals surface area contributed by atoms with Gasteiger partial charge in [0.1, 0.15) is 17.2 Å². The van der Waals surface area contributed by atoms with Crippen LogP contribution < -0.4 is 5.32 Å². The van der Waals surface area contributed by atoms with Crippen molar-refractivity contribution in [1.29, 1.82) is 0 Å². The topological polar surface area (TPSA) is 58.6 Å². The van der Waals surface area contributed by atoms with Gasteiger partial charge in [-0.2, -0.15) is 0 Å². The molecule has 1 aliphatic carbocycles. The molecule has 36 heavy (non-hydrogen) atoms. The molecule has 1 aliphatic rings. The van der Waals surface area contributed by atoms with Gasteiger partial charge in [-0.25, -0.2) is 13.6 Å².